The van der Waals surface area contributed by atoms with Crippen molar-refractivity contribution in [2.24, 2.45) is 11.7 Å². The van der Waals surface area contributed by atoms with Gasteiger partial charge in [0, 0.05) is 11.6 Å². The van der Waals surface area contributed by atoms with Gasteiger partial charge in [-0.25, -0.2) is 0 Å². The van der Waals surface area contributed by atoms with Crippen LogP contribution in [0.2, 0.25) is 0 Å². The first-order chi connectivity index (χ1) is 9.15. The van der Waals surface area contributed by atoms with Crippen LogP contribution in [0.3, 0.4) is 0 Å². The highest BCUT2D eigenvalue weighted by Crippen LogP contribution is 2.40. The molecular weight excluding hydrogens is 232 g/mol. The molecule has 0 radical (unpaired) electrons. The van der Waals surface area contributed by atoms with Gasteiger partial charge in [0.15, 0.2) is 0 Å². The van der Waals surface area contributed by atoms with Gasteiger partial charge in [-0.15, -0.1) is 0 Å². The van der Waals surface area contributed by atoms with Crippen molar-refractivity contribution in [1.82, 2.24) is 4.90 Å². The van der Waals surface area contributed by atoms with Crippen LogP contribution < -0.4 is 5.73 Å². The van der Waals surface area contributed by atoms with Crippen molar-refractivity contribution in [2.75, 3.05) is 13.1 Å². The number of likely N-dealkylation sites (tertiary alicyclic amines) is 1. The van der Waals surface area contributed by atoms with Gasteiger partial charge in [-0.1, -0.05) is 46.0 Å². The second kappa shape index (κ2) is 7.08. The third-order valence-corrected chi connectivity index (χ3v) is 5.44. The molecule has 2 heteroatoms. The normalized spacial score (nSPS) is 25.9. The van der Waals surface area contributed by atoms with Gasteiger partial charge in [-0.3, -0.25) is 4.90 Å². The molecule has 0 spiro atoms. The van der Waals surface area contributed by atoms with E-state index in [2.05, 4.69) is 18.7 Å². The van der Waals surface area contributed by atoms with Crippen LogP contribution in [0.5, 0.6) is 0 Å². The molecule has 1 saturated heterocycles. The summed E-state index contributed by atoms with van der Waals surface area (Å²) in [5.74, 6) is 0.821. The maximum Gasteiger partial charge on any atom is 0.0360 e. The van der Waals surface area contributed by atoms with Gasteiger partial charge in [-0.2, -0.15) is 0 Å². The molecule has 1 aliphatic carbocycles. The highest BCUT2D eigenvalue weighted by atomic mass is 15.2. The quantitative estimate of drug-likeness (QED) is 0.789. The Hall–Kier alpha value is -0.0800. The molecule has 1 atom stereocenters. The summed E-state index contributed by atoms with van der Waals surface area (Å²) < 4.78 is 0. The predicted molar refractivity (Wildman–Crippen MR) is 83.3 cm³/mol. The summed E-state index contributed by atoms with van der Waals surface area (Å²) in [6.07, 6.45) is 13.6. The lowest BCUT2D eigenvalue weighted by Gasteiger charge is -2.47. The maximum atomic E-state index is 6.69. The minimum atomic E-state index is 0.372. The highest BCUT2D eigenvalue weighted by molar-refractivity contribution is 5.02. The predicted octanol–water partition coefficient (Wildman–Crippen LogP) is 3.94. The molecule has 19 heavy (non-hydrogen) atoms. The topological polar surface area (TPSA) is 29.3 Å². The molecule has 0 aromatic rings. The molecule has 1 saturated carbocycles. The Morgan fingerprint density at radius 2 is 1.58 bits per heavy atom. The SMILES string of the molecule is CC(C)CCCC(N)C1(N2CCCCC2)CCCC1. The molecule has 0 bridgehead atoms. The summed E-state index contributed by atoms with van der Waals surface area (Å²) >= 11 is 0. The van der Waals surface area contributed by atoms with Crippen LogP contribution in [0, 0.1) is 5.92 Å². The number of nitrogens with two attached hydrogens (primary N) is 1. The lowest BCUT2D eigenvalue weighted by atomic mass is 9.82. The van der Waals surface area contributed by atoms with Crippen LogP contribution in [0.25, 0.3) is 0 Å². The number of piperidine rings is 1. The minimum absolute atomic E-state index is 0.372. The van der Waals surface area contributed by atoms with Gasteiger partial charge >= 0.3 is 0 Å². The summed E-state index contributed by atoms with van der Waals surface area (Å²) in [5, 5.41) is 0. The van der Waals surface area contributed by atoms with Crippen LogP contribution in [0.1, 0.15) is 78.1 Å². The Kier molecular flexibility index (Phi) is 5.70. The summed E-state index contributed by atoms with van der Waals surface area (Å²) in [7, 11) is 0. The Bertz CT molecular complexity index is 250. The van der Waals surface area contributed by atoms with E-state index in [0.717, 1.165) is 5.92 Å². The molecule has 2 N–H and O–H groups in total. The number of nitrogens with zero attached hydrogens (tertiary/aromatic N) is 1. The molecular formula is C17H34N2. The lowest BCUT2D eigenvalue weighted by molar-refractivity contribution is 0.0449. The molecule has 2 aliphatic rings. The van der Waals surface area contributed by atoms with Crippen molar-refractivity contribution in [3.05, 3.63) is 0 Å². The van der Waals surface area contributed by atoms with Crippen LogP contribution in [0.15, 0.2) is 0 Å². The largest absolute Gasteiger partial charge is 0.326 e. The van der Waals surface area contributed by atoms with Gasteiger partial charge in [-0.05, 0) is 51.1 Å². The molecule has 1 heterocycles. The van der Waals surface area contributed by atoms with E-state index < -0.39 is 0 Å². The molecule has 2 fully saturated rings. The fourth-order valence-corrected chi connectivity index (χ4v) is 4.26. The van der Waals surface area contributed by atoms with Crippen molar-refractivity contribution < 1.29 is 0 Å². The Morgan fingerprint density at radius 3 is 2.16 bits per heavy atom. The zero-order valence-electron chi connectivity index (χ0n) is 13.2. The van der Waals surface area contributed by atoms with E-state index in [9.17, 15) is 0 Å². The first-order valence-electron chi connectivity index (χ1n) is 8.66. The van der Waals surface area contributed by atoms with Gasteiger partial charge < -0.3 is 5.73 Å². The van der Waals surface area contributed by atoms with E-state index in [-0.39, 0.29) is 0 Å². The van der Waals surface area contributed by atoms with Crippen LogP contribution in [-0.2, 0) is 0 Å². The van der Waals surface area contributed by atoms with E-state index in [1.165, 1.54) is 77.3 Å². The summed E-state index contributed by atoms with van der Waals surface area (Å²) in [5.41, 5.74) is 7.06. The van der Waals surface area contributed by atoms with E-state index in [1.807, 2.05) is 0 Å². The van der Waals surface area contributed by atoms with Gasteiger partial charge in [0.2, 0.25) is 0 Å². The van der Waals surface area contributed by atoms with E-state index in [1.54, 1.807) is 0 Å². The smallest absolute Gasteiger partial charge is 0.0360 e. The molecule has 0 amide bonds. The molecule has 0 aromatic carbocycles. The zero-order chi connectivity index (χ0) is 13.7. The third kappa shape index (κ3) is 3.72. The highest BCUT2D eigenvalue weighted by Gasteiger charge is 2.44. The molecule has 2 rings (SSSR count). The number of hydrogen-bond acceptors (Lipinski definition) is 2. The summed E-state index contributed by atoms with van der Waals surface area (Å²) in [6, 6.07) is 0.409. The maximum absolute atomic E-state index is 6.69. The Morgan fingerprint density at radius 1 is 0.947 bits per heavy atom. The van der Waals surface area contributed by atoms with Gasteiger partial charge in [0.05, 0.1) is 0 Å². The first kappa shape index (κ1) is 15.3. The average Bonchev–Trinajstić information content (AvgIpc) is 2.90. The van der Waals surface area contributed by atoms with Crippen LogP contribution >= 0.6 is 0 Å². The van der Waals surface area contributed by atoms with Crippen molar-refractivity contribution >= 4 is 0 Å². The lowest BCUT2D eigenvalue weighted by Crippen LogP contribution is -2.59. The van der Waals surface area contributed by atoms with Crippen molar-refractivity contribution in [1.29, 1.82) is 0 Å². The second-order valence-corrected chi connectivity index (χ2v) is 7.29. The zero-order valence-corrected chi connectivity index (χ0v) is 13.2. The van der Waals surface area contributed by atoms with Gasteiger partial charge in [0.1, 0.15) is 0 Å². The molecule has 0 aromatic heterocycles. The molecule has 112 valence electrons. The fraction of sp³-hybridized carbons (Fsp3) is 1.00. The molecule has 2 nitrogen and oxygen atoms in total. The Balaban J connectivity index is 1.93. The van der Waals surface area contributed by atoms with Crippen molar-refractivity contribution in [3.63, 3.8) is 0 Å². The Labute approximate surface area is 120 Å². The number of rotatable bonds is 6. The van der Waals surface area contributed by atoms with Crippen molar-refractivity contribution in [3.8, 4) is 0 Å². The van der Waals surface area contributed by atoms with E-state index >= 15 is 0 Å². The monoisotopic (exact) mass is 266 g/mol. The molecule has 1 unspecified atom stereocenters. The second-order valence-electron chi connectivity index (χ2n) is 7.29. The molecule has 1 aliphatic heterocycles. The minimum Gasteiger partial charge on any atom is -0.326 e. The number of hydrogen-bond donors (Lipinski definition) is 1. The van der Waals surface area contributed by atoms with Crippen LogP contribution in [-0.4, -0.2) is 29.6 Å². The summed E-state index contributed by atoms with van der Waals surface area (Å²) in [6.45, 7) is 7.25. The van der Waals surface area contributed by atoms with E-state index in [0.29, 0.717) is 11.6 Å². The van der Waals surface area contributed by atoms with Crippen LogP contribution in [0.4, 0.5) is 0 Å². The van der Waals surface area contributed by atoms with Gasteiger partial charge in [0.25, 0.3) is 0 Å². The first-order valence-corrected chi connectivity index (χ1v) is 8.66. The van der Waals surface area contributed by atoms with Crippen molar-refractivity contribution in [2.45, 2.75) is 89.6 Å². The third-order valence-electron chi connectivity index (χ3n) is 5.44. The van der Waals surface area contributed by atoms with E-state index in [4.69, 9.17) is 5.73 Å². The fourth-order valence-electron chi connectivity index (χ4n) is 4.26. The summed E-state index contributed by atoms with van der Waals surface area (Å²) in [4.78, 5) is 2.78. The standard InChI is InChI=1S/C17H34N2/c1-15(2)9-8-10-16(18)17(11-4-5-12-17)19-13-6-3-7-14-19/h15-16H,3-14,18H2,1-2H3. The average molecular weight is 266 g/mol.